The molecule has 0 aliphatic carbocycles. The molecule has 2 aromatic carbocycles. The van der Waals surface area contributed by atoms with Crippen molar-refractivity contribution in [3.63, 3.8) is 0 Å². The Bertz CT molecular complexity index is 904. The Morgan fingerprint density at radius 1 is 0.903 bits per heavy atom. The molecule has 8 heteroatoms. The van der Waals surface area contributed by atoms with E-state index < -0.39 is 11.7 Å². The molecule has 3 N–H and O–H groups in total. The summed E-state index contributed by atoms with van der Waals surface area (Å²) in [7, 11) is 0. The molecule has 0 bridgehead atoms. The summed E-state index contributed by atoms with van der Waals surface area (Å²) in [5.74, 6) is 0.0228. The molecule has 0 radical (unpaired) electrons. The van der Waals surface area contributed by atoms with Gasteiger partial charge in [-0.1, -0.05) is 23.8 Å². The molecule has 0 aliphatic heterocycles. The fourth-order valence-electron chi connectivity index (χ4n) is 2.47. The normalized spacial score (nSPS) is 10.7. The SMILES string of the molecule is Cc1ccc(OCC(=O)Nc2cccc(NC(=O)CCNC(=O)OC(C)(C)C)c2)cc1. The van der Waals surface area contributed by atoms with Gasteiger partial charge in [0, 0.05) is 24.3 Å². The fraction of sp³-hybridized carbons (Fsp3) is 0.348. The van der Waals surface area contributed by atoms with Crippen LogP contribution in [0.25, 0.3) is 0 Å². The number of benzene rings is 2. The summed E-state index contributed by atoms with van der Waals surface area (Å²) < 4.78 is 10.6. The Hall–Kier alpha value is -3.55. The molecule has 0 heterocycles. The van der Waals surface area contributed by atoms with Gasteiger partial charge in [-0.25, -0.2) is 4.79 Å². The predicted molar refractivity (Wildman–Crippen MR) is 119 cm³/mol. The first-order valence-electron chi connectivity index (χ1n) is 9.97. The van der Waals surface area contributed by atoms with Crippen LogP contribution in [-0.2, 0) is 14.3 Å². The molecule has 0 saturated carbocycles. The lowest BCUT2D eigenvalue weighted by molar-refractivity contribution is -0.118. The van der Waals surface area contributed by atoms with E-state index in [-0.39, 0.29) is 31.4 Å². The number of amides is 3. The first-order chi connectivity index (χ1) is 14.6. The third-order valence-corrected chi connectivity index (χ3v) is 3.84. The van der Waals surface area contributed by atoms with Crippen molar-refractivity contribution in [1.82, 2.24) is 5.32 Å². The van der Waals surface area contributed by atoms with Crippen LogP contribution in [0.5, 0.6) is 5.75 Å². The van der Waals surface area contributed by atoms with Crippen LogP contribution >= 0.6 is 0 Å². The number of ether oxygens (including phenoxy) is 2. The number of aryl methyl sites for hydroxylation is 1. The van der Waals surface area contributed by atoms with E-state index in [1.807, 2.05) is 19.1 Å². The fourth-order valence-corrected chi connectivity index (χ4v) is 2.47. The van der Waals surface area contributed by atoms with Crippen molar-refractivity contribution in [3.05, 3.63) is 54.1 Å². The van der Waals surface area contributed by atoms with Gasteiger partial charge in [0.15, 0.2) is 6.61 Å². The lowest BCUT2D eigenvalue weighted by Crippen LogP contribution is -2.34. The molecule has 31 heavy (non-hydrogen) atoms. The topological polar surface area (TPSA) is 106 Å². The zero-order valence-electron chi connectivity index (χ0n) is 18.3. The maximum absolute atomic E-state index is 12.1. The molecule has 0 fully saturated rings. The summed E-state index contributed by atoms with van der Waals surface area (Å²) in [6.07, 6.45) is -0.488. The third kappa shape index (κ3) is 9.66. The van der Waals surface area contributed by atoms with Crippen molar-refractivity contribution in [3.8, 4) is 5.75 Å². The van der Waals surface area contributed by atoms with Crippen molar-refractivity contribution >= 4 is 29.3 Å². The standard InChI is InChI=1S/C23H29N3O5/c1-16-8-10-19(11-9-16)30-15-21(28)26-18-7-5-6-17(14-18)25-20(27)12-13-24-22(29)31-23(2,3)4/h5-11,14H,12-13,15H2,1-4H3,(H,24,29)(H,25,27)(H,26,28). The number of alkyl carbamates (subject to hydrolysis) is 1. The smallest absolute Gasteiger partial charge is 0.407 e. The van der Waals surface area contributed by atoms with Crippen molar-refractivity contribution in [1.29, 1.82) is 0 Å². The Balaban J connectivity index is 1.76. The van der Waals surface area contributed by atoms with Crippen LogP contribution in [0, 0.1) is 6.92 Å². The maximum Gasteiger partial charge on any atom is 0.407 e. The number of carbonyl (C=O) groups excluding carboxylic acids is 3. The van der Waals surface area contributed by atoms with Crippen molar-refractivity contribution < 1.29 is 23.9 Å². The van der Waals surface area contributed by atoms with Gasteiger partial charge in [0.25, 0.3) is 5.91 Å². The average molecular weight is 428 g/mol. The van der Waals surface area contributed by atoms with E-state index >= 15 is 0 Å². The highest BCUT2D eigenvalue weighted by molar-refractivity contribution is 5.94. The van der Waals surface area contributed by atoms with E-state index in [1.165, 1.54) is 0 Å². The second-order valence-electron chi connectivity index (χ2n) is 7.96. The predicted octanol–water partition coefficient (Wildman–Crippen LogP) is 3.87. The molecule has 0 unspecified atom stereocenters. The van der Waals surface area contributed by atoms with Gasteiger partial charge in [0.05, 0.1) is 0 Å². The Morgan fingerprint density at radius 3 is 2.13 bits per heavy atom. The lowest BCUT2D eigenvalue weighted by Gasteiger charge is -2.19. The van der Waals surface area contributed by atoms with Gasteiger partial charge in [-0.05, 0) is 58.0 Å². The summed E-state index contributed by atoms with van der Waals surface area (Å²) in [5, 5.41) is 7.99. The second-order valence-corrected chi connectivity index (χ2v) is 7.96. The third-order valence-electron chi connectivity index (χ3n) is 3.84. The number of carbonyl (C=O) groups is 3. The van der Waals surface area contributed by atoms with Crippen LogP contribution in [0.4, 0.5) is 16.2 Å². The molecule has 0 saturated heterocycles. The van der Waals surface area contributed by atoms with Crippen LogP contribution in [0.3, 0.4) is 0 Å². The summed E-state index contributed by atoms with van der Waals surface area (Å²) in [6, 6.07) is 14.2. The van der Waals surface area contributed by atoms with E-state index in [2.05, 4.69) is 16.0 Å². The van der Waals surface area contributed by atoms with E-state index in [9.17, 15) is 14.4 Å². The van der Waals surface area contributed by atoms with Gasteiger partial charge < -0.3 is 25.4 Å². The Kier molecular flexibility index (Phi) is 8.43. The average Bonchev–Trinajstić information content (AvgIpc) is 2.66. The first kappa shape index (κ1) is 23.7. The van der Waals surface area contributed by atoms with Gasteiger partial charge in [0.2, 0.25) is 5.91 Å². The Morgan fingerprint density at radius 2 is 1.52 bits per heavy atom. The van der Waals surface area contributed by atoms with Crippen LogP contribution in [0.15, 0.2) is 48.5 Å². The van der Waals surface area contributed by atoms with Gasteiger partial charge in [-0.2, -0.15) is 0 Å². The molecule has 0 aromatic heterocycles. The maximum atomic E-state index is 12.1. The molecule has 0 atom stereocenters. The summed E-state index contributed by atoms with van der Waals surface area (Å²) in [6.45, 7) is 7.28. The minimum Gasteiger partial charge on any atom is -0.484 e. The monoisotopic (exact) mass is 427 g/mol. The first-order valence-corrected chi connectivity index (χ1v) is 9.97. The zero-order valence-corrected chi connectivity index (χ0v) is 18.3. The van der Waals surface area contributed by atoms with Crippen LogP contribution in [0.2, 0.25) is 0 Å². The number of anilines is 2. The number of rotatable bonds is 8. The molecule has 2 aromatic rings. The van der Waals surface area contributed by atoms with Gasteiger partial charge in [-0.3, -0.25) is 9.59 Å². The van der Waals surface area contributed by atoms with Crippen LogP contribution in [-0.4, -0.2) is 36.7 Å². The zero-order chi connectivity index (χ0) is 22.9. The van der Waals surface area contributed by atoms with Gasteiger partial charge in [0.1, 0.15) is 11.4 Å². The molecule has 166 valence electrons. The lowest BCUT2D eigenvalue weighted by atomic mass is 10.2. The van der Waals surface area contributed by atoms with Crippen LogP contribution in [0.1, 0.15) is 32.8 Å². The highest BCUT2D eigenvalue weighted by Crippen LogP contribution is 2.16. The molecule has 0 aliphatic rings. The van der Waals surface area contributed by atoms with Crippen molar-refractivity contribution in [2.24, 2.45) is 0 Å². The van der Waals surface area contributed by atoms with Gasteiger partial charge >= 0.3 is 6.09 Å². The minimum atomic E-state index is -0.595. The molecule has 2 rings (SSSR count). The quantitative estimate of drug-likeness (QED) is 0.593. The van der Waals surface area contributed by atoms with Crippen molar-refractivity contribution in [2.45, 2.75) is 39.7 Å². The highest BCUT2D eigenvalue weighted by atomic mass is 16.6. The summed E-state index contributed by atoms with van der Waals surface area (Å²) in [5.41, 5.74) is 1.57. The van der Waals surface area contributed by atoms with E-state index in [0.717, 1.165) is 5.56 Å². The van der Waals surface area contributed by atoms with Gasteiger partial charge in [-0.15, -0.1) is 0 Å². The number of hydrogen-bond donors (Lipinski definition) is 3. The summed E-state index contributed by atoms with van der Waals surface area (Å²) >= 11 is 0. The molecule has 8 nitrogen and oxygen atoms in total. The van der Waals surface area contributed by atoms with Crippen LogP contribution < -0.4 is 20.7 Å². The van der Waals surface area contributed by atoms with E-state index in [0.29, 0.717) is 17.1 Å². The largest absolute Gasteiger partial charge is 0.484 e. The summed E-state index contributed by atoms with van der Waals surface area (Å²) in [4.78, 5) is 35.8. The molecule has 0 spiro atoms. The minimum absolute atomic E-state index is 0.0836. The molecular weight excluding hydrogens is 398 g/mol. The highest BCUT2D eigenvalue weighted by Gasteiger charge is 2.16. The van der Waals surface area contributed by atoms with E-state index in [1.54, 1.807) is 57.2 Å². The number of nitrogens with one attached hydrogen (secondary N) is 3. The molecule has 3 amide bonds. The second kappa shape index (κ2) is 11.0. The molecular formula is C23H29N3O5. The van der Waals surface area contributed by atoms with E-state index in [4.69, 9.17) is 9.47 Å². The Labute approximate surface area is 182 Å². The van der Waals surface area contributed by atoms with Crippen molar-refractivity contribution in [2.75, 3.05) is 23.8 Å². The number of hydrogen-bond acceptors (Lipinski definition) is 5.